The summed E-state index contributed by atoms with van der Waals surface area (Å²) in [6, 6.07) is 2.99. The van der Waals surface area contributed by atoms with E-state index in [1.54, 1.807) is 20.8 Å². The molecule has 0 heterocycles. The molecular weight excluding hydrogens is 348 g/mol. The SMILES string of the molecule is CC(C)(C)OC(=O)NCCC(O)C(O)c1ccc(C(=O)O)cc1[N+](=O)[O-]. The molecule has 0 spiro atoms. The number of carboxylic acid groups (broad SMARTS) is 1. The van der Waals surface area contributed by atoms with Gasteiger partial charge in [-0.3, -0.25) is 10.1 Å². The second-order valence-corrected chi connectivity index (χ2v) is 6.57. The summed E-state index contributed by atoms with van der Waals surface area (Å²) in [5.41, 5.74) is -1.83. The summed E-state index contributed by atoms with van der Waals surface area (Å²) in [5, 5.41) is 42.6. The molecule has 144 valence electrons. The topological polar surface area (TPSA) is 159 Å². The zero-order valence-corrected chi connectivity index (χ0v) is 14.6. The first-order valence-electron chi connectivity index (χ1n) is 7.77. The third-order valence-corrected chi connectivity index (χ3v) is 3.27. The molecule has 10 heteroatoms. The van der Waals surface area contributed by atoms with Crippen LogP contribution in [0.4, 0.5) is 10.5 Å². The van der Waals surface area contributed by atoms with Crippen molar-refractivity contribution in [2.45, 2.75) is 45.0 Å². The monoisotopic (exact) mass is 370 g/mol. The standard InChI is InChI=1S/C16H22N2O8/c1-16(2,3)26-15(23)17-7-6-12(19)13(20)10-5-4-9(14(21)22)8-11(10)18(24)25/h4-5,8,12-13,19-20H,6-7H2,1-3H3,(H,17,23)(H,21,22). The number of rotatable bonds is 7. The maximum Gasteiger partial charge on any atom is 0.407 e. The van der Waals surface area contributed by atoms with Gasteiger partial charge in [-0.25, -0.2) is 9.59 Å². The molecule has 1 aromatic rings. The highest BCUT2D eigenvalue weighted by Crippen LogP contribution is 2.29. The maximum absolute atomic E-state index is 11.5. The molecule has 1 rings (SSSR count). The minimum absolute atomic E-state index is 0.0336. The Morgan fingerprint density at radius 3 is 2.42 bits per heavy atom. The zero-order chi connectivity index (χ0) is 20.1. The van der Waals surface area contributed by atoms with Gasteiger partial charge in [-0.05, 0) is 39.3 Å². The van der Waals surface area contributed by atoms with Gasteiger partial charge in [0.2, 0.25) is 0 Å². The first-order chi connectivity index (χ1) is 11.9. The van der Waals surface area contributed by atoms with Gasteiger partial charge >= 0.3 is 12.1 Å². The van der Waals surface area contributed by atoms with Crippen molar-refractivity contribution in [2.75, 3.05) is 6.54 Å². The second kappa shape index (κ2) is 8.59. The van der Waals surface area contributed by atoms with E-state index in [-0.39, 0.29) is 24.1 Å². The molecule has 0 aliphatic rings. The Bertz CT molecular complexity index is 683. The molecule has 0 fully saturated rings. The number of nitrogens with zero attached hydrogens (tertiary/aromatic N) is 1. The van der Waals surface area contributed by atoms with Gasteiger partial charge in [0.05, 0.1) is 22.2 Å². The number of alkyl carbamates (subject to hydrolysis) is 1. The van der Waals surface area contributed by atoms with Gasteiger partial charge in [0.1, 0.15) is 11.7 Å². The summed E-state index contributed by atoms with van der Waals surface area (Å²) in [4.78, 5) is 32.7. The number of hydrogen-bond donors (Lipinski definition) is 4. The van der Waals surface area contributed by atoms with Crippen LogP contribution in [0.1, 0.15) is 49.2 Å². The van der Waals surface area contributed by atoms with Crippen molar-refractivity contribution in [3.8, 4) is 0 Å². The fourth-order valence-corrected chi connectivity index (χ4v) is 2.09. The first kappa shape index (κ1) is 21.3. The summed E-state index contributed by atoms with van der Waals surface area (Å²) in [6.07, 6.45) is -3.84. The molecule has 0 saturated carbocycles. The molecular formula is C16H22N2O8. The van der Waals surface area contributed by atoms with Gasteiger partial charge in [0, 0.05) is 12.6 Å². The number of nitro groups is 1. The normalized spacial score (nSPS) is 13.6. The fourth-order valence-electron chi connectivity index (χ4n) is 2.09. The van der Waals surface area contributed by atoms with Crippen LogP contribution in [0.25, 0.3) is 0 Å². The molecule has 0 radical (unpaired) electrons. The molecule has 0 saturated heterocycles. The Morgan fingerprint density at radius 2 is 1.92 bits per heavy atom. The van der Waals surface area contributed by atoms with E-state index in [1.807, 2.05) is 0 Å². The van der Waals surface area contributed by atoms with Gasteiger partial charge in [0.25, 0.3) is 5.69 Å². The molecule has 0 aliphatic heterocycles. The number of aliphatic hydroxyl groups is 2. The Balaban J connectivity index is 2.76. The predicted octanol–water partition coefficient (Wildman–Crippen LogP) is 1.60. The third kappa shape index (κ3) is 6.30. The third-order valence-electron chi connectivity index (χ3n) is 3.27. The van der Waals surface area contributed by atoms with Crippen LogP contribution in [0, 0.1) is 10.1 Å². The number of benzene rings is 1. The quantitative estimate of drug-likeness (QED) is 0.416. The Labute approximate surface area is 149 Å². The highest BCUT2D eigenvalue weighted by Gasteiger charge is 2.27. The highest BCUT2D eigenvalue weighted by atomic mass is 16.6. The average molecular weight is 370 g/mol. The summed E-state index contributed by atoms with van der Waals surface area (Å²) in [6.45, 7) is 5.02. The Hall–Kier alpha value is -2.72. The van der Waals surface area contributed by atoms with Gasteiger partial charge in [-0.1, -0.05) is 0 Å². The van der Waals surface area contributed by atoms with Crippen LogP contribution in [0.5, 0.6) is 0 Å². The van der Waals surface area contributed by atoms with Gasteiger partial charge < -0.3 is 25.4 Å². The van der Waals surface area contributed by atoms with Crippen LogP contribution in [-0.4, -0.2) is 50.6 Å². The van der Waals surface area contributed by atoms with E-state index in [0.717, 1.165) is 18.2 Å². The van der Waals surface area contributed by atoms with E-state index in [4.69, 9.17) is 9.84 Å². The van der Waals surface area contributed by atoms with Crippen LogP contribution in [0.2, 0.25) is 0 Å². The lowest BCUT2D eigenvalue weighted by Gasteiger charge is -2.21. The van der Waals surface area contributed by atoms with E-state index in [0.29, 0.717) is 0 Å². The molecule has 0 aromatic heterocycles. The van der Waals surface area contributed by atoms with Crippen molar-refractivity contribution < 1.29 is 34.6 Å². The molecule has 0 bridgehead atoms. The number of carboxylic acids is 1. The van der Waals surface area contributed by atoms with E-state index < -0.39 is 40.5 Å². The summed E-state index contributed by atoms with van der Waals surface area (Å²) < 4.78 is 5.01. The molecule has 4 N–H and O–H groups in total. The van der Waals surface area contributed by atoms with Crippen LogP contribution in [-0.2, 0) is 4.74 Å². The fraction of sp³-hybridized carbons (Fsp3) is 0.500. The number of carbonyl (C=O) groups is 2. The van der Waals surface area contributed by atoms with Crippen molar-refractivity contribution >= 4 is 17.7 Å². The molecule has 2 unspecified atom stereocenters. The van der Waals surface area contributed by atoms with Crippen LogP contribution in [0.3, 0.4) is 0 Å². The molecule has 10 nitrogen and oxygen atoms in total. The lowest BCUT2D eigenvalue weighted by Crippen LogP contribution is -2.34. The second-order valence-electron chi connectivity index (χ2n) is 6.57. The molecule has 1 aromatic carbocycles. The summed E-state index contributed by atoms with van der Waals surface area (Å²) in [5.74, 6) is -1.35. The summed E-state index contributed by atoms with van der Waals surface area (Å²) in [7, 11) is 0. The Morgan fingerprint density at radius 1 is 1.31 bits per heavy atom. The van der Waals surface area contributed by atoms with Crippen molar-refractivity contribution in [3.05, 3.63) is 39.4 Å². The van der Waals surface area contributed by atoms with Gasteiger partial charge in [-0.2, -0.15) is 0 Å². The zero-order valence-electron chi connectivity index (χ0n) is 14.6. The smallest absolute Gasteiger partial charge is 0.407 e. The lowest BCUT2D eigenvalue weighted by atomic mass is 9.98. The molecule has 26 heavy (non-hydrogen) atoms. The molecule has 0 aliphatic carbocycles. The number of hydrogen-bond acceptors (Lipinski definition) is 7. The lowest BCUT2D eigenvalue weighted by molar-refractivity contribution is -0.386. The van der Waals surface area contributed by atoms with Crippen molar-refractivity contribution in [1.82, 2.24) is 5.32 Å². The predicted molar refractivity (Wildman–Crippen MR) is 89.9 cm³/mol. The Kier molecular flexibility index (Phi) is 7.04. The van der Waals surface area contributed by atoms with Crippen molar-refractivity contribution in [3.63, 3.8) is 0 Å². The van der Waals surface area contributed by atoms with Gasteiger partial charge in [-0.15, -0.1) is 0 Å². The van der Waals surface area contributed by atoms with Crippen LogP contribution in [0.15, 0.2) is 18.2 Å². The van der Waals surface area contributed by atoms with E-state index >= 15 is 0 Å². The largest absolute Gasteiger partial charge is 0.478 e. The highest BCUT2D eigenvalue weighted by molar-refractivity contribution is 5.88. The van der Waals surface area contributed by atoms with Crippen molar-refractivity contribution in [1.29, 1.82) is 0 Å². The number of aromatic carboxylic acids is 1. The van der Waals surface area contributed by atoms with E-state index in [1.165, 1.54) is 0 Å². The van der Waals surface area contributed by atoms with Crippen LogP contribution >= 0.6 is 0 Å². The minimum atomic E-state index is -1.63. The molecule has 2 atom stereocenters. The number of amides is 1. The molecule has 1 amide bonds. The number of aliphatic hydroxyl groups excluding tert-OH is 2. The first-order valence-corrected chi connectivity index (χ1v) is 7.77. The number of nitrogens with one attached hydrogen (secondary N) is 1. The minimum Gasteiger partial charge on any atom is -0.478 e. The van der Waals surface area contributed by atoms with Crippen LogP contribution < -0.4 is 5.32 Å². The van der Waals surface area contributed by atoms with Gasteiger partial charge in [0.15, 0.2) is 0 Å². The van der Waals surface area contributed by atoms with E-state index in [2.05, 4.69) is 5.32 Å². The maximum atomic E-state index is 11.5. The van der Waals surface area contributed by atoms with E-state index in [9.17, 15) is 29.9 Å². The number of nitro benzene ring substituents is 1. The summed E-state index contributed by atoms with van der Waals surface area (Å²) >= 11 is 0. The average Bonchev–Trinajstić information content (AvgIpc) is 2.51. The number of carbonyl (C=O) groups excluding carboxylic acids is 1. The van der Waals surface area contributed by atoms with Crippen molar-refractivity contribution in [2.24, 2.45) is 0 Å². The number of ether oxygens (including phenoxy) is 1.